The summed E-state index contributed by atoms with van der Waals surface area (Å²) < 4.78 is 5.33. The van der Waals surface area contributed by atoms with Gasteiger partial charge in [0.15, 0.2) is 0 Å². The van der Waals surface area contributed by atoms with Gasteiger partial charge in [0.1, 0.15) is 12.3 Å². The molecule has 0 saturated carbocycles. The number of rotatable bonds is 4. The van der Waals surface area contributed by atoms with Crippen molar-refractivity contribution in [2.24, 2.45) is 11.1 Å². The highest BCUT2D eigenvalue weighted by Gasteiger charge is 2.13. The van der Waals surface area contributed by atoms with Gasteiger partial charge in [0.2, 0.25) is 0 Å². The van der Waals surface area contributed by atoms with Gasteiger partial charge in [-0.05, 0) is 5.92 Å². The van der Waals surface area contributed by atoms with E-state index >= 15 is 0 Å². The van der Waals surface area contributed by atoms with Crippen molar-refractivity contribution >= 4 is 5.71 Å². The first-order valence-corrected chi connectivity index (χ1v) is 6.23. The molecule has 0 aromatic heterocycles. The smallest absolute Gasteiger partial charge is 0.134 e. The van der Waals surface area contributed by atoms with Gasteiger partial charge in [0, 0.05) is 18.9 Å². The molecule has 1 heterocycles. The first-order valence-electron chi connectivity index (χ1n) is 6.23. The molecule has 0 aliphatic carbocycles. The molecule has 1 aliphatic heterocycles. The summed E-state index contributed by atoms with van der Waals surface area (Å²) in [5.74, 6) is 6.34. The van der Waals surface area contributed by atoms with Gasteiger partial charge in [-0.15, -0.1) is 0 Å². The minimum absolute atomic E-state index is 0.236. The van der Waals surface area contributed by atoms with Crippen molar-refractivity contribution in [2.45, 2.75) is 33.2 Å². The summed E-state index contributed by atoms with van der Waals surface area (Å²) in [5.41, 5.74) is 0.809. The van der Waals surface area contributed by atoms with Crippen LogP contribution in [0.15, 0.2) is 5.16 Å². The highest BCUT2D eigenvalue weighted by atomic mass is 16.6. The zero-order chi connectivity index (χ0) is 12.5. The molecule has 1 aliphatic rings. The molecule has 0 aromatic rings. The number of nitrogens with one attached hydrogen (secondary N) is 1. The molecular weight excluding hydrogens is 216 g/mol. The van der Waals surface area contributed by atoms with Gasteiger partial charge in [-0.1, -0.05) is 31.8 Å². The minimum Gasteiger partial charge on any atom is -0.393 e. The fraction of sp³-hybridized carbons (Fsp3) is 0.769. The summed E-state index contributed by atoms with van der Waals surface area (Å²) in [6.07, 6.45) is 0.837. The van der Waals surface area contributed by atoms with Crippen LogP contribution in [0.4, 0.5) is 0 Å². The number of nitrogens with zero attached hydrogens (tertiary/aromatic N) is 1. The van der Waals surface area contributed by atoms with E-state index < -0.39 is 0 Å². The average molecular weight is 238 g/mol. The van der Waals surface area contributed by atoms with E-state index in [1.807, 2.05) is 6.92 Å². The van der Waals surface area contributed by atoms with Crippen LogP contribution in [0.1, 0.15) is 27.2 Å². The highest BCUT2D eigenvalue weighted by molar-refractivity contribution is 6.01. The molecule has 1 fully saturated rings. The lowest BCUT2D eigenvalue weighted by Gasteiger charge is -2.22. The van der Waals surface area contributed by atoms with Crippen LogP contribution in [0.2, 0.25) is 0 Å². The van der Waals surface area contributed by atoms with E-state index in [2.05, 4.69) is 36.2 Å². The topological polar surface area (TPSA) is 42.9 Å². The first kappa shape index (κ1) is 14.0. The lowest BCUT2D eigenvalue weighted by atomic mass is 10.1. The maximum absolute atomic E-state index is 5.34. The molecule has 1 atom stereocenters. The largest absolute Gasteiger partial charge is 0.393 e. The van der Waals surface area contributed by atoms with E-state index in [1.165, 1.54) is 0 Å². The quantitative estimate of drug-likeness (QED) is 0.457. The van der Waals surface area contributed by atoms with Crippen molar-refractivity contribution in [1.82, 2.24) is 5.32 Å². The summed E-state index contributed by atoms with van der Waals surface area (Å²) in [6.45, 7) is 9.03. The Morgan fingerprint density at radius 3 is 3.00 bits per heavy atom. The lowest BCUT2D eigenvalue weighted by Crippen LogP contribution is -2.43. The number of oxime groups is 1. The predicted octanol–water partition coefficient (Wildman–Crippen LogP) is 1.42. The molecular formula is C13H22N2O2. The number of hydrogen-bond donors (Lipinski definition) is 1. The van der Waals surface area contributed by atoms with Crippen molar-refractivity contribution in [3.63, 3.8) is 0 Å². The lowest BCUT2D eigenvalue weighted by molar-refractivity contribution is 0.0308. The molecule has 0 spiro atoms. The third-order valence-electron chi connectivity index (χ3n) is 2.38. The highest BCUT2D eigenvalue weighted by Crippen LogP contribution is 1.99. The molecule has 0 radical (unpaired) electrons. The SMILES string of the molecule is CCC#C/C(=N\OC[C@@H]1COCCN1)C(C)C. The third kappa shape index (κ3) is 5.71. The second-order valence-corrected chi connectivity index (χ2v) is 4.31. The molecule has 0 unspecified atom stereocenters. The van der Waals surface area contributed by atoms with Gasteiger partial charge in [-0.25, -0.2) is 0 Å². The standard InChI is InChI=1S/C13H22N2O2/c1-4-5-6-13(11(2)3)15-17-10-12-9-16-8-7-14-12/h11-12,14H,4,7-10H2,1-3H3/b15-13+/t12-/m0/s1. The van der Waals surface area contributed by atoms with E-state index in [0.717, 1.165) is 25.3 Å². The fourth-order valence-electron chi connectivity index (χ4n) is 1.38. The first-order chi connectivity index (χ1) is 8.24. The van der Waals surface area contributed by atoms with Gasteiger partial charge in [0.05, 0.1) is 19.3 Å². The maximum Gasteiger partial charge on any atom is 0.134 e. The Bertz CT molecular complexity index is 296. The van der Waals surface area contributed by atoms with Crippen LogP contribution in [-0.2, 0) is 9.57 Å². The zero-order valence-corrected chi connectivity index (χ0v) is 11.0. The molecule has 17 heavy (non-hydrogen) atoms. The molecule has 4 heteroatoms. The van der Waals surface area contributed by atoms with Crippen LogP contribution < -0.4 is 5.32 Å². The van der Waals surface area contributed by atoms with Crippen LogP contribution in [0.5, 0.6) is 0 Å². The third-order valence-corrected chi connectivity index (χ3v) is 2.38. The maximum atomic E-state index is 5.34. The van der Waals surface area contributed by atoms with E-state index in [9.17, 15) is 0 Å². The summed E-state index contributed by atoms with van der Waals surface area (Å²) in [5, 5.41) is 7.41. The van der Waals surface area contributed by atoms with E-state index in [0.29, 0.717) is 19.1 Å². The van der Waals surface area contributed by atoms with E-state index in [1.54, 1.807) is 0 Å². The van der Waals surface area contributed by atoms with Crippen LogP contribution in [-0.4, -0.2) is 38.1 Å². The van der Waals surface area contributed by atoms with Crippen molar-refractivity contribution in [1.29, 1.82) is 0 Å². The van der Waals surface area contributed by atoms with Crippen molar-refractivity contribution in [3.05, 3.63) is 0 Å². The normalized spacial score (nSPS) is 20.9. The van der Waals surface area contributed by atoms with Crippen LogP contribution in [0.25, 0.3) is 0 Å². The molecule has 0 bridgehead atoms. The summed E-state index contributed by atoms with van der Waals surface area (Å²) >= 11 is 0. The Kier molecular flexibility index (Phi) is 6.68. The Morgan fingerprint density at radius 2 is 2.41 bits per heavy atom. The second-order valence-electron chi connectivity index (χ2n) is 4.31. The van der Waals surface area contributed by atoms with E-state index in [4.69, 9.17) is 9.57 Å². The molecule has 1 saturated heterocycles. The van der Waals surface area contributed by atoms with Crippen LogP contribution in [0.3, 0.4) is 0 Å². The molecule has 1 N–H and O–H groups in total. The molecule has 0 aromatic carbocycles. The second kappa shape index (κ2) is 8.10. The zero-order valence-electron chi connectivity index (χ0n) is 11.0. The van der Waals surface area contributed by atoms with Gasteiger partial charge in [-0.3, -0.25) is 0 Å². The average Bonchev–Trinajstić information content (AvgIpc) is 2.34. The Labute approximate surface area is 104 Å². The van der Waals surface area contributed by atoms with Gasteiger partial charge in [-0.2, -0.15) is 0 Å². The van der Waals surface area contributed by atoms with Crippen LogP contribution >= 0.6 is 0 Å². The Hall–Kier alpha value is -1.05. The monoisotopic (exact) mass is 238 g/mol. The molecule has 96 valence electrons. The van der Waals surface area contributed by atoms with Crippen molar-refractivity contribution in [2.75, 3.05) is 26.4 Å². The van der Waals surface area contributed by atoms with Crippen molar-refractivity contribution in [3.8, 4) is 11.8 Å². The van der Waals surface area contributed by atoms with E-state index in [-0.39, 0.29) is 6.04 Å². The summed E-state index contributed by atoms with van der Waals surface area (Å²) in [6, 6.07) is 0.236. The number of ether oxygens (including phenoxy) is 1. The van der Waals surface area contributed by atoms with Gasteiger partial charge >= 0.3 is 0 Å². The van der Waals surface area contributed by atoms with Crippen molar-refractivity contribution < 1.29 is 9.57 Å². The van der Waals surface area contributed by atoms with Gasteiger partial charge < -0.3 is 14.9 Å². The molecule has 1 rings (SSSR count). The molecule has 0 amide bonds. The summed E-state index contributed by atoms with van der Waals surface area (Å²) in [4.78, 5) is 5.34. The number of hydrogen-bond acceptors (Lipinski definition) is 4. The predicted molar refractivity (Wildman–Crippen MR) is 68.9 cm³/mol. The van der Waals surface area contributed by atoms with Crippen LogP contribution in [0, 0.1) is 17.8 Å². The molecule has 4 nitrogen and oxygen atoms in total. The van der Waals surface area contributed by atoms with Gasteiger partial charge in [0.25, 0.3) is 0 Å². The number of morpholine rings is 1. The Balaban J connectivity index is 2.37. The minimum atomic E-state index is 0.236. The summed E-state index contributed by atoms with van der Waals surface area (Å²) in [7, 11) is 0. The Morgan fingerprint density at radius 1 is 1.59 bits per heavy atom. The fourth-order valence-corrected chi connectivity index (χ4v) is 1.38.